The highest BCUT2D eigenvalue weighted by molar-refractivity contribution is 6.10. The lowest BCUT2D eigenvalue weighted by atomic mass is 10.1. The van der Waals surface area contributed by atoms with E-state index in [0.29, 0.717) is 17.5 Å². The van der Waals surface area contributed by atoms with Crippen molar-refractivity contribution < 1.29 is 36.5 Å². The molecule has 142 valence electrons. The van der Waals surface area contributed by atoms with Gasteiger partial charge in [-0.25, -0.2) is 8.78 Å². The minimum Gasteiger partial charge on any atom is -0.299 e. The number of Topliss-reactive ketones (excluding diaryl/α,β-unsaturated/α-hetero) is 2. The van der Waals surface area contributed by atoms with Gasteiger partial charge in [0.2, 0.25) is 5.69 Å². The van der Waals surface area contributed by atoms with Crippen LogP contribution in [0.4, 0.5) is 27.6 Å². The number of nitro groups is 1. The van der Waals surface area contributed by atoms with Crippen molar-refractivity contribution in [3.8, 4) is 0 Å². The van der Waals surface area contributed by atoms with Crippen LogP contribution in [0.3, 0.4) is 0 Å². The number of rotatable bonds is 7. The molecule has 7 nitrogen and oxygen atoms in total. The van der Waals surface area contributed by atoms with Crippen LogP contribution in [0, 0.1) is 16.0 Å². The van der Waals surface area contributed by atoms with Crippen LogP contribution in [0.2, 0.25) is 0 Å². The Balaban J connectivity index is 1.92. The first kappa shape index (κ1) is 18.4. The van der Waals surface area contributed by atoms with Crippen LogP contribution < -0.4 is 0 Å². The third-order valence-electron chi connectivity index (χ3n) is 4.25. The molecule has 0 N–H and O–H groups in total. The monoisotopic (exact) mass is 381 g/mol. The summed E-state index contributed by atoms with van der Waals surface area (Å²) >= 11 is 0. The predicted molar refractivity (Wildman–Crippen MR) is 73.9 cm³/mol. The third-order valence-corrected chi connectivity index (χ3v) is 4.25. The minimum absolute atomic E-state index is 0.320. The number of hydrogen-bond acceptors (Lipinski definition) is 5. The first-order chi connectivity index (χ1) is 11.9. The summed E-state index contributed by atoms with van der Waals surface area (Å²) in [6.45, 7) is -1.62. The van der Waals surface area contributed by atoms with E-state index < -0.39 is 71.2 Å². The van der Waals surface area contributed by atoms with Gasteiger partial charge in [-0.05, 0) is 12.8 Å². The van der Waals surface area contributed by atoms with Crippen LogP contribution in [0.1, 0.15) is 47.8 Å². The summed E-state index contributed by atoms with van der Waals surface area (Å²) in [5, 5.41) is 14.7. The lowest BCUT2D eigenvalue weighted by Gasteiger charge is -2.08. The molecule has 1 atom stereocenters. The maximum Gasteiger partial charge on any atom is 0.408 e. The molecule has 0 bridgehead atoms. The van der Waals surface area contributed by atoms with E-state index in [1.54, 1.807) is 0 Å². The molecule has 12 heteroatoms. The van der Waals surface area contributed by atoms with Gasteiger partial charge in [0.05, 0.1) is 17.3 Å². The van der Waals surface area contributed by atoms with Gasteiger partial charge in [0.25, 0.3) is 5.92 Å². The first-order valence-electron chi connectivity index (χ1n) is 7.66. The van der Waals surface area contributed by atoms with E-state index in [1.165, 1.54) is 0 Å². The van der Waals surface area contributed by atoms with Gasteiger partial charge in [-0.2, -0.15) is 18.3 Å². The number of carbonyl (C=O) groups excluding carboxylic acids is 2. The predicted octanol–water partition coefficient (Wildman–Crippen LogP) is 3.03. The topological polar surface area (TPSA) is 95.1 Å². The summed E-state index contributed by atoms with van der Waals surface area (Å²) in [4.78, 5) is 34.1. The molecule has 0 amide bonds. The Bertz CT molecular complexity index is 797. The molecule has 3 rings (SSSR count). The molecular weight excluding hydrogens is 369 g/mol. The van der Waals surface area contributed by atoms with Crippen molar-refractivity contribution in [2.45, 2.75) is 50.2 Å². The minimum atomic E-state index is -4.73. The van der Waals surface area contributed by atoms with Crippen LogP contribution >= 0.6 is 0 Å². The summed E-state index contributed by atoms with van der Waals surface area (Å²) in [5.41, 5.74) is -2.09. The van der Waals surface area contributed by atoms with Crippen molar-refractivity contribution in [1.82, 2.24) is 9.78 Å². The molecule has 2 fully saturated rings. The van der Waals surface area contributed by atoms with Gasteiger partial charge in [0, 0.05) is 12.3 Å². The largest absolute Gasteiger partial charge is 0.408 e. The first-order valence-corrected chi connectivity index (χ1v) is 7.66. The number of hydrogen-bond donors (Lipinski definition) is 0. The molecule has 1 heterocycles. The summed E-state index contributed by atoms with van der Waals surface area (Å²) in [7, 11) is 0. The van der Waals surface area contributed by atoms with Crippen molar-refractivity contribution in [2.75, 3.05) is 0 Å². The molecule has 1 unspecified atom stereocenters. The second-order valence-corrected chi connectivity index (χ2v) is 6.47. The summed E-state index contributed by atoms with van der Waals surface area (Å²) < 4.78 is 64.3. The molecule has 2 aliphatic rings. The average molecular weight is 381 g/mol. The van der Waals surface area contributed by atoms with E-state index in [2.05, 4.69) is 5.10 Å². The fourth-order valence-electron chi connectivity index (χ4n) is 2.81. The highest BCUT2D eigenvalue weighted by atomic mass is 19.4. The normalized spacial score (nSPS) is 21.5. The zero-order valence-electron chi connectivity index (χ0n) is 13.1. The van der Waals surface area contributed by atoms with Crippen LogP contribution in [0.25, 0.3) is 0 Å². The molecule has 2 aliphatic carbocycles. The second kappa shape index (κ2) is 5.81. The van der Waals surface area contributed by atoms with Crippen molar-refractivity contribution in [3.63, 3.8) is 0 Å². The Morgan fingerprint density at radius 1 is 1.31 bits per heavy atom. The number of alkyl halides is 5. The van der Waals surface area contributed by atoms with Gasteiger partial charge < -0.3 is 0 Å². The van der Waals surface area contributed by atoms with Gasteiger partial charge in [0.1, 0.15) is 18.0 Å². The SMILES string of the molecule is O=C(CC(=O)C1CC1(F)F)c1nn(CC(F)(F)F)c(C2CC2)c1[N+](=O)[O-]. The molecule has 2 saturated carbocycles. The van der Waals surface area contributed by atoms with Gasteiger partial charge in [-0.15, -0.1) is 0 Å². The quantitative estimate of drug-likeness (QED) is 0.238. The number of carbonyl (C=O) groups is 2. The lowest BCUT2D eigenvalue weighted by molar-refractivity contribution is -0.386. The number of ketones is 2. The summed E-state index contributed by atoms with van der Waals surface area (Å²) in [5.74, 6) is -7.71. The van der Waals surface area contributed by atoms with E-state index in [4.69, 9.17) is 0 Å². The van der Waals surface area contributed by atoms with Crippen molar-refractivity contribution >= 4 is 17.3 Å². The molecule has 1 aromatic heterocycles. The fourth-order valence-corrected chi connectivity index (χ4v) is 2.81. The van der Waals surface area contributed by atoms with Gasteiger partial charge >= 0.3 is 11.9 Å². The van der Waals surface area contributed by atoms with E-state index in [1.807, 2.05) is 0 Å². The standard InChI is InChI=1S/C14H12F5N3O4/c15-13(16)4-7(13)8(23)3-9(24)10-12(22(25)26)11(6-1-2-6)21(20-10)5-14(17,18)19/h6-7H,1-5H2. The molecule has 26 heavy (non-hydrogen) atoms. The molecule has 0 spiro atoms. The van der Waals surface area contributed by atoms with Gasteiger partial charge in [-0.1, -0.05) is 0 Å². The van der Waals surface area contributed by atoms with Crippen molar-refractivity contribution in [1.29, 1.82) is 0 Å². The lowest BCUT2D eigenvalue weighted by Crippen LogP contribution is -2.20. The van der Waals surface area contributed by atoms with Crippen molar-refractivity contribution in [2.24, 2.45) is 5.92 Å². The van der Waals surface area contributed by atoms with E-state index in [9.17, 15) is 41.7 Å². The second-order valence-electron chi connectivity index (χ2n) is 6.47. The molecule has 0 radical (unpaired) electrons. The van der Waals surface area contributed by atoms with E-state index in [0.717, 1.165) is 0 Å². The summed E-state index contributed by atoms with van der Waals surface area (Å²) in [6, 6.07) is 0. The zero-order valence-corrected chi connectivity index (χ0v) is 13.1. The van der Waals surface area contributed by atoms with Crippen LogP contribution in [-0.4, -0.2) is 38.4 Å². The number of halogens is 5. The Hall–Kier alpha value is -2.40. The number of nitrogens with zero attached hydrogens (tertiary/aromatic N) is 3. The highest BCUT2D eigenvalue weighted by Crippen LogP contribution is 2.50. The Kier molecular flexibility index (Phi) is 4.11. The maximum atomic E-state index is 12.9. The highest BCUT2D eigenvalue weighted by Gasteiger charge is 2.61. The van der Waals surface area contributed by atoms with Crippen LogP contribution in [-0.2, 0) is 11.3 Å². The molecule has 0 aliphatic heterocycles. The van der Waals surface area contributed by atoms with E-state index in [-0.39, 0.29) is 5.69 Å². The smallest absolute Gasteiger partial charge is 0.299 e. The molecule has 1 aromatic rings. The van der Waals surface area contributed by atoms with Crippen LogP contribution in [0.5, 0.6) is 0 Å². The third kappa shape index (κ3) is 3.58. The Morgan fingerprint density at radius 2 is 1.88 bits per heavy atom. The van der Waals surface area contributed by atoms with Crippen molar-refractivity contribution in [3.05, 3.63) is 21.5 Å². The summed E-state index contributed by atoms with van der Waals surface area (Å²) in [6.07, 6.45) is -5.68. The Labute approximate surface area is 142 Å². The average Bonchev–Trinajstić information content (AvgIpc) is 3.37. The number of aromatic nitrogens is 2. The molecular formula is C14H12F5N3O4. The fraction of sp³-hybridized carbons (Fsp3) is 0.643. The molecule has 0 saturated heterocycles. The van der Waals surface area contributed by atoms with Gasteiger partial charge in [-0.3, -0.25) is 24.4 Å². The maximum absolute atomic E-state index is 12.9. The Morgan fingerprint density at radius 3 is 2.31 bits per heavy atom. The van der Waals surface area contributed by atoms with E-state index >= 15 is 0 Å². The van der Waals surface area contributed by atoms with Gasteiger partial charge in [0.15, 0.2) is 5.78 Å². The molecule has 0 aromatic carbocycles. The van der Waals surface area contributed by atoms with Crippen LogP contribution in [0.15, 0.2) is 0 Å². The zero-order chi connectivity index (χ0) is 19.4.